The SMILES string of the molecule is CCN(CC1CCCN1)C1CCOc2ccccc21. The van der Waals surface area contributed by atoms with Gasteiger partial charge in [-0.1, -0.05) is 25.1 Å². The number of nitrogens with zero attached hydrogens (tertiary/aromatic N) is 1. The average Bonchev–Trinajstić information content (AvgIpc) is 2.97. The molecule has 1 aromatic carbocycles. The molecular formula is C16H24N2O. The van der Waals surface area contributed by atoms with Gasteiger partial charge in [-0.2, -0.15) is 0 Å². The number of nitrogens with one attached hydrogen (secondary N) is 1. The van der Waals surface area contributed by atoms with E-state index in [9.17, 15) is 0 Å². The maximum absolute atomic E-state index is 5.78. The molecule has 1 saturated heterocycles. The van der Waals surface area contributed by atoms with Gasteiger partial charge in [-0.05, 0) is 32.0 Å². The molecule has 2 atom stereocenters. The van der Waals surface area contributed by atoms with Crippen LogP contribution in [0.5, 0.6) is 5.75 Å². The van der Waals surface area contributed by atoms with Crippen LogP contribution in [0.25, 0.3) is 0 Å². The highest BCUT2D eigenvalue weighted by molar-refractivity contribution is 5.37. The van der Waals surface area contributed by atoms with E-state index in [1.165, 1.54) is 24.9 Å². The van der Waals surface area contributed by atoms with Crippen molar-refractivity contribution >= 4 is 0 Å². The summed E-state index contributed by atoms with van der Waals surface area (Å²) >= 11 is 0. The summed E-state index contributed by atoms with van der Waals surface area (Å²) < 4.78 is 5.78. The van der Waals surface area contributed by atoms with Gasteiger partial charge < -0.3 is 10.1 Å². The molecule has 2 unspecified atom stereocenters. The first kappa shape index (κ1) is 12.9. The molecular weight excluding hydrogens is 236 g/mol. The number of para-hydroxylation sites is 1. The van der Waals surface area contributed by atoms with Crippen molar-refractivity contribution in [2.45, 2.75) is 38.3 Å². The molecule has 1 aromatic rings. The van der Waals surface area contributed by atoms with E-state index in [0.29, 0.717) is 12.1 Å². The summed E-state index contributed by atoms with van der Waals surface area (Å²) in [6, 6.07) is 9.72. The molecule has 0 aromatic heterocycles. The van der Waals surface area contributed by atoms with E-state index in [1.807, 2.05) is 0 Å². The van der Waals surface area contributed by atoms with E-state index in [4.69, 9.17) is 4.74 Å². The van der Waals surface area contributed by atoms with Crippen molar-refractivity contribution in [1.29, 1.82) is 0 Å². The first-order valence-electron chi connectivity index (χ1n) is 7.57. The molecule has 0 spiro atoms. The highest BCUT2D eigenvalue weighted by Crippen LogP contribution is 2.35. The number of likely N-dealkylation sites (N-methyl/N-ethyl adjacent to an activating group) is 1. The fourth-order valence-electron chi connectivity index (χ4n) is 3.37. The van der Waals surface area contributed by atoms with Gasteiger partial charge in [0.25, 0.3) is 0 Å². The quantitative estimate of drug-likeness (QED) is 0.900. The minimum Gasteiger partial charge on any atom is -0.493 e. The van der Waals surface area contributed by atoms with Crippen LogP contribution in [0.3, 0.4) is 0 Å². The van der Waals surface area contributed by atoms with Gasteiger partial charge in [0, 0.05) is 30.6 Å². The number of fused-ring (bicyclic) bond motifs is 1. The summed E-state index contributed by atoms with van der Waals surface area (Å²) in [5.74, 6) is 1.08. The number of rotatable bonds is 4. The van der Waals surface area contributed by atoms with E-state index >= 15 is 0 Å². The third-order valence-corrected chi connectivity index (χ3v) is 4.39. The van der Waals surface area contributed by atoms with E-state index in [0.717, 1.165) is 31.9 Å². The number of hydrogen-bond donors (Lipinski definition) is 1. The van der Waals surface area contributed by atoms with Gasteiger partial charge in [0.1, 0.15) is 5.75 Å². The van der Waals surface area contributed by atoms with Gasteiger partial charge in [-0.15, -0.1) is 0 Å². The van der Waals surface area contributed by atoms with E-state index in [-0.39, 0.29) is 0 Å². The predicted molar refractivity (Wildman–Crippen MR) is 77.6 cm³/mol. The minimum atomic E-state index is 0.525. The summed E-state index contributed by atoms with van der Waals surface area (Å²) in [7, 11) is 0. The smallest absolute Gasteiger partial charge is 0.124 e. The Hall–Kier alpha value is -1.06. The lowest BCUT2D eigenvalue weighted by Gasteiger charge is -2.36. The molecule has 2 heterocycles. The van der Waals surface area contributed by atoms with E-state index < -0.39 is 0 Å². The zero-order valence-corrected chi connectivity index (χ0v) is 11.8. The molecule has 1 fully saturated rings. The Balaban J connectivity index is 1.76. The molecule has 3 heteroatoms. The van der Waals surface area contributed by atoms with E-state index in [2.05, 4.69) is 41.4 Å². The number of ether oxygens (including phenoxy) is 1. The maximum Gasteiger partial charge on any atom is 0.124 e. The van der Waals surface area contributed by atoms with Crippen molar-refractivity contribution in [2.24, 2.45) is 0 Å². The molecule has 2 aliphatic heterocycles. The van der Waals surface area contributed by atoms with Crippen LogP contribution in [0, 0.1) is 0 Å². The zero-order valence-electron chi connectivity index (χ0n) is 11.8. The second kappa shape index (κ2) is 5.93. The summed E-state index contributed by atoms with van der Waals surface area (Å²) in [4.78, 5) is 2.62. The van der Waals surface area contributed by atoms with Crippen molar-refractivity contribution < 1.29 is 4.74 Å². The van der Waals surface area contributed by atoms with Crippen LogP contribution in [0.2, 0.25) is 0 Å². The Kier molecular flexibility index (Phi) is 4.04. The van der Waals surface area contributed by atoms with Crippen LogP contribution in [-0.4, -0.2) is 37.2 Å². The standard InChI is InChI=1S/C16H24N2O/c1-2-18(12-13-6-5-10-17-13)15-9-11-19-16-8-4-3-7-14(15)16/h3-4,7-8,13,15,17H,2,5-6,9-12H2,1H3. The third kappa shape index (κ3) is 2.77. The van der Waals surface area contributed by atoms with Crippen LogP contribution in [-0.2, 0) is 0 Å². The molecule has 1 N–H and O–H groups in total. The van der Waals surface area contributed by atoms with Crippen LogP contribution < -0.4 is 10.1 Å². The molecule has 0 amide bonds. The number of benzene rings is 1. The average molecular weight is 260 g/mol. The van der Waals surface area contributed by atoms with Gasteiger partial charge in [-0.3, -0.25) is 4.90 Å². The Morgan fingerprint density at radius 1 is 1.32 bits per heavy atom. The molecule has 0 aliphatic carbocycles. The lowest BCUT2D eigenvalue weighted by Crippen LogP contribution is -2.41. The fourth-order valence-corrected chi connectivity index (χ4v) is 3.37. The third-order valence-electron chi connectivity index (χ3n) is 4.39. The lowest BCUT2D eigenvalue weighted by molar-refractivity contribution is 0.136. The molecule has 0 bridgehead atoms. The van der Waals surface area contributed by atoms with Crippen LogP contribution in [0.15, 0.2) is 24.3 Å². The molecule has 0 saturated carbocycles. The molecule has 3 nitrogen and oxygen atoms in total. The molecule has 2 aliphatic rings. The minimum absolute atomic E-state index is 0.525. The van der Waals surface area contributed by atoms with Crippen molar-refractivity contribution in [3.63, 3.8) is 0 Å². The maximum atomic E-state index is 5.78. The first-order valence-corrected chi connectivity index (χ1v) is 7.57. The van der Waals surface area contributed by atoms with Gasteiger partial charge >= 0.3 is 0 Å². The Morgan fingerprint density at radius 3 is 3.00 bits per heavy atom. The first-order chi connectivity index (χ1) is 9.38. The summed E-state index contributed by atoms with van der Waals surface area (Å²) in [5.41, 5.74) is 1.37. The molecule has 19 heavy (non-hydrogen) atoms. The molecule has 3 rings (SSSR count). The topological polar surface area (TPSA) is 24.5 Å². The fraction of sp³-hybridized carbons (Fsp3) is 0.625. The monoisotopic (exact) mass is 260 g/mol. The lowest BCUT2D eigenvalue weighted by atomic mass is 9.98. The zero-order chi connectivity index (χ0) is 13.1. The Morgan fingerprint density at radius 2 is 2.21 bits per heavy atom. The normalized spacial score (nSPS) is 26.2. The second-order valence-corrected chi connectivity index (χ2v) is 5.57. The Labute approximate surface area is 115 Å². The van der Waals surface area contributed by atoms with Gasteiger partial charge in [-0.25, -0.2) is 0 Å². The van der Waals surface area contributed by atoms with Crippen LogP contribution in [0.1, 0.15) is 37.8 Å². The van der Waals surface area contributed by atoms with Crippen molar-refractivity contribution in [3.8, 4) is 5.75 Å². The summed E-state index contributed by atoms with van der Waals surface area (Å²) in [5, 5.41) is 3.61. The largest absolute Gasteiger partial charge is 0.493 e. The van der Waals surface area contributed by atoms with Gasteiger partial charge in [0.2, 0.25) is 0 Å². The van der Waals surface area contributed by atoms with Crippen LogP contribution >= 0.6 is 0 Å². The van der Waals surface area contributed by atoms with E-state index in [1.54, 1.807) is 0 Å². The van der Waals surface area contributed by atoms with Gasteiger partial charge in [0.05, 0.1) is 6.61 Å². The van der Waals surface area contributed by atoms with Crippen LogP contribution in [0.4, 0.5) is 0 Å². The number of hydrogen-bond acceptors (Lipinski definition) is 3. The predicted octanol–water partition coefficient (Wildman–Crippen LogP) is 2.58. The highest BCUT2D eigenvalue weighted by atomic mass is 16.5. The highest BCUT2D eigenvalue weighted by Gasteiger charge is 2.28. The van der Waals surface area contributed by atoms with Crippen molar-refractivity contribution in [1.82, 2.24) is 10.2 Å². The Bertz CT molecular complexity index is 415. The second-order valence-electron chi connectivity index (χ2n) is 5.57. The van der Waals surface area contributed by atoms with Crippen molar-refractivity contribution in [2.75, 3.05) is 26.2 Å². The molecule has 104 valence electrons. The summed E-state index contributed by atoms with van der Waals surface area (Å²) in [6.07, 6.45) is 3.76. The molecule has 0 radical (unpaired) electrons. The van der Waals surface area contributed by atoms with Crippen molar-refractivity contribution in [3.05, 3.63) is 29.8 Å². The summed E-state index contributed by atoms with van der Waals surface area (Å²) in [6.45, 7) is 6.57. The van der Waals surface area contributed by atoms with Gasteiger partial charge in [0.15, 0.2) is 0 Å².